The minimum absolute atomic E-state index is 0.00500. The second kappa shape index (κ2) is 25.4. The standard InChI is InChI=1S/C14H18N2O7S.C5H10N2O3S.C4H10N2O2S/c1-14(5-21-4-13(19)20,6-22-8-15-9-24)7-23-10-16-11(17)2-3-12(16)18;6-3-7(1-5(9)10)4(8)2-11;5-2-6(3-9)1-4(7)8/h2-3H,4-8,10H2,1H3,(H,19,20);11H,1-3,6H2,(H,9,10);9H,1-3,5H2,(H,7,8). The number of imide groups is 1. The summed E-state index contributed by atoms with van der Waals surface area (Å²) in [5.41, 5.74) is 9.55. The largest absolute Gasteiger partial charge is 0.480 e. The van der Waals surface area contributed by atoms with Crippen LogP contribution in [0.4, 0.5) is 0 Å². The number of thiol groups is 2. The molecule has 21 heteroatoms. The molecule has 1 unspecified atom stereocenters. The fourth-order valence-electron chi connectivity index (χ4n) is 2.70. The lowest BCUT2D eigenvalue weighted by molar-refractivity contribution is -0.150. The lowest BCUT2D eigenvalue weighted by Gasteiger charge is -2.29. The van der Waals surface area contributed by atoms with Gasteiger partial charge >= 0.3 is 17.9 Å². The van der Waals surface area contributed by atoms with Crippen LogP contribution in [0.3, 0.4) is 0 Å². The Hall–Kier alpha value is -2.98. The van der Waals surface area contributed by atoms with Crippen LogP contribution in [0.2, 0.25) is 0 Å². The maximum Gasteiger partial charge on any atom is 0.329 e. The van der Waals surface area contributed by atoms with Crippen molar-refractivity contribution in [3.8, 4) is 0 Å². The second-order valence-electron chi connectivity index (χ2n) is 8.71. The number of nitrogens with two attached hydrogens (primary N) is 2. The number of carboxylic acid groups (broad SMARTS) is 3. The van der Waals surface area contributed by atoms with Gasteiger partial charge < -0.3 is 45.9 Å². The lowest BCUT2D eigenvalue weighted by Crippen LogP contribution is -2.40. The van der Waals surface area contributed by atoms with E-state index in [-0.39, 0.29) is 71.4 Å². The summed E-state index contributed by atoms with van der Waals surface area (Å²) < 4.78 is 15.8. The monoisotopic (exact) mass is 686 g/mol. The van der Waals surface area contributed by atoms with Gasteiger partial charge in [0.1, 0.15) is 26.6 Å². The summed E-state index contributed by atoms with van der Waals surface area (Å²) in [5, 5.41) is 27.3. The minimum Gasteiger partial charge on any atom is -0.480 e. The van der Waals surface area contributed by atoms with Crippen molar-refractivity contribution in [2.75, 3.05) is 77.9 Å². The molecule has 1 aliphatic rings. The van der Waals surface area contributed by atoms with Crippen LogP contribution >= 0.6 is 37.5 Å². The van der Waals surface area contributed by atoms with E-state index in [4.69, 9.17) is 41.0 Å². The highest BCUT2D eigenvalue weighted by Crippen LogP contribution is 2.19. The van der Waals surface area contributed by atoms with Crippen molar-refractivity contribution in [1.82, 2.24) is 14.7 Å². The SMILES string of the molecule is CC(COCN=C=S)(COCC(=O)O)COCN1C(=O)C=CC1=O.NCN(CC(=O)O)C(=O)CS.NCN(CS)CC(=O)O. The van der Waals surface area contributed by atoms with E-state index in [1.807, 2.05) is 0 Å². The summed E-state index contributed by atoms with van der Waals surface area (Å²) in [6, 6.07) is 0. The molecule has 44 heavy (non-hydrogen) atoms. The van der Waals surface area contributed by atoms with E-state index in [1.54, 1.807) is 6.92 Å². The third-order valence-electron chi connectivity index (χ3n) is 4.77. The van der Waals surface area contributed by atoms with Crippen molar-refractivity contribution in [2.45, 2.75) is 6.92 Å². The first-order valence-electron chi connectivity index (χ1n) is 12.3. The molecular weight excluding hydrogens is 648 g/mol. The minimum atomic E-state index is -1.09. The molecular formula is C23H38N6O12S3. The fraction of sp³-hybridized carbons (Fsp3) is 0.609. The molecule has 0 aromatic carbocycles. The zero-order valence-corrected chi connectivity index (χ0v) is 26.5. The number of hydrogen-bond acceptors (Lipinski definition) is 16. The van der Waals surface area contributed by atoms with Gasteiger partial charge in [-0.15, -0.1) is 0 Å². The van der Waals surface area contributed by atoms with Crippen LogP contribution < -0.4 is 11.5 Å². The number of nitrogens with zero attached hydrogens (tertiary/aromatic N) is 4. The predicted octanol–water partition coefficient (Wildman–Crippen LogP) is -2.01. The van der Waals surface area contributed by atoms with Gasteiger partial charge in [0, 0.05) is 30.1 Å². The molecule has 0 radical (unpaired) electrons. The van der Waals surface area contributed by atoms with Crippen molar-refractivity contribution in [3.63, 3.8) is 0 Å². The summed E-state index contributed by atoms with van der Waals surface area (Å²) in [6.45, 7) is 1.08. The number of aliphatic imine (C=N–C) groups is 1. The molecule has 0 fully saturated rings. The van der Waals surface area contributed by atoms with Gasteiger partial charge in [-0.3, -0.25) is 33.8 Å². The van der Waals surface area contributed by atoms with Crippen LogP contribution in [0.1, 0.15) is 6.92 Å². The molecule has 1 aliphatic heterocycles. The zero-order chi connectivity index (χ0) is 34.1. The molecule has 1 atom stereocenters. The Labute approximate surface area is 269 Å². The van der Waals surface area contributed by atoms with E-state index in [0.717, 1.165) is 22.0 Å². The van der Waals surface area contributed by atoms with Gasteiger partial charge in [0.25, 0.3) is 11.8 Å². The molecule has 0 aromatic rings. The summed E-state index contributed by atoms with van der Waals surface area (Å²) in [5.74, 6) is -3.97. The van der Waals surface area contributed by atoms with Gasteiger partial charge in [-0.05, 0) is 12.2 Å². The number of carboxylic acids is 3. The Kier molecular flexibility index (Phi) is 24.9. The molecule has 0 saturated carbocycles. The third kappa shape index (κ3) is 21.7. The Balaban J connectivity index is 0. The van der Waals surface area contributed by atoms with Crippen molar-refractivity contribution < 1.29 is 58.3 Å². The second-order valence-corrected chi connectivity index (χ2v) is 9.49. The van der Waals surface area contributed by atoms with Crippen LogP contribution in [0.5, 0.6) is 0 Å². The molecule has 7 N–H and O–H groups in total. The number of hydrogen-bond donors (Lipinski definition) is 7. The first-order chi connectivity index (χ1) is 20.7. The van der Waals surface area contributed by atoms with Gasteiger partial charge in [-0.2, -0.15) is 25.3 Å². The fourth-order valence-corrected chi connectivity index (χ4v) is 3.17. The Morgan fingerprint density at radius 2 is 1.50 bits per heavy atom. The third-order valence-corrected chi connectivity index (χ3v) is 5.57. The number of ether oxygens (including phenoxy) is 3. The van der Waals surface area contributed by atoms with Gasteiger partial charge in [0.2, 0.25) is 5.91 Å². The first-order valence-corrected chi connectivity index (χ1v) is 13.9. The van der Waals surface area contributed by atoms with Gasteiger partial charge in [-0.25, -0.2) is 9.79 Å². The van der Waals surface area contributed by atoms with Gasteiger partial charge in [0.15, 0.2) is 0 Å². The maximum atomic E-state index is 11.4. The quantitative estimate of drug-likeness (QED) is 0.0182. The molecule has 0 aliphatic carbocycles. The van der Waals surface area contributed by atoms with Crippen LogP contribution in [0, 0.1) is 5.41 Å². The number of thiocarbonyl (C=S) groups is 1. The van der Waals surface area contributed by atoms with E-state index in [1.165, 1.54) is 4.90 Å². The molecule has 0 spiro atoms. The van der Waals surface area contributed by atoms with E-state index in [9.17, 15) is 28.8 Å². The molecule has 18 nitrogen and oxygen atoms in total. The zero-order valence-electron chi connectivity index (χ0n) is 23.9. The van der Waals surface area contributed by atoms with Crippen molar-refractivity contribution in [2.24, 2.45) is 21.9 Å². The van der Waals surface area contributed by atoms with E-state index >= 15 is 0 Å². The Bertz CT molecular complexity index is 999. The number of carbonyl (C=O) groups excluding carboxylic acids is 3. The van der Waals surface area contributed by atoms with Crippen LogP contribution in [0.15, 0.2) is 17.1 Å². The highest BCUT2D eigenvalue weighted by Gasteiger charge is 2.29. The molecule has 1 heterocycles. The first kappa shape index (κ1) is 43.1. The molecule has 0 bridgehead atoms. The lowest BCUT2D eigenvalue weighted by atomic mass is 9.94. The topological polar surface area (TPSA) is 265 Å². The molecule has 250 valence electrons. The van der Waals surface area contributed by atoms with Gasteiger partial charge in [-0.1, -0.05) is 6.92 Å². The van der Waals surface area contributed by atoms with Crippen molar-refractivity contribution in [3.05, 3.63) is 12.2 Å². The van der Waals surface area contributed by atoms with E-state index < -0.39 is 41.7 Å². The number of isothiocyanates is 1. The smallest absolute Gasteiger partial charge is 0.329 e. The highest BCUT2D eigenvalue weighted by molar-refractivity contribution is 7.81. The van der Waals surface area contributed by atoms with Crippen molar-refractivity contribution in [1.29, 1.82) is 0 Å². The molecule has 0 aromatic heterocycles. The molecule has 1 rings (SSSR count). The Morgan fingerprint density at radius 1 is 0.955 bits per heavy atom. The van der Waals surface area contributed by atoms with Crippen LogP contribution in [-0.2, 0) is 43.0 Å². The van der Waals surface area contributed by atoms with E-state index in [0.29, 0.717) is 5.88 Å². The number of carbonyl (C=O) groups is 6. The summed E-state index contributed by atoms with van der Waals surface area (Å²) in [4.78, 5) is 71.3. The summed E-state index contributed by atoms with van der Waals surface area (Å²) in [7, 11) is 0. The average Bonchev–Trinajstić information content (AvgIpc) is 3.29. The summed E-state index contributed by atoms with van der Waals surface area (Å²) >= 11 is 12.0. The normalized spacial score (nSPS) is 13.2. The highest BCUT2D eigenvalue weighted by atomic mass is 32.1. The molecule has 0 saturated heterocycles. The number of aliphatic carboxylic acids is 3. The predicted molar refractivity (Wildman–Crippen MR) is 164 cm³/mol. The van der Waals surface area contributed by atoms with Crippen LogP contribution in [0.25, 0.3) is 0 Å². The molecule has 3 amide bonds. The van der Waals surface area contributed by atoms with Gasteiger partial charge in [0.05, 0.1) is 43.9 Å². The maximum absolute atomic E-state index is 11.4. The number of amides is 3. The Morgan fingerprint density at radius 3 is 1.91 bits per heavy atom. The number of rotatable bonds is 20. The summed E-state index contributed by atoms with van der Waals surface area (Å²) in [6.07, 6.45) is 2.32. The van der Waals surface area contributed by atoms with E-state index in [2.05, 4.69) is 47.6 Å². The van der Waals surface area contributed by atoms with Crippen molar-refractivity contribution >= 4 is 78.3 Å². The van der Waals surface area contributed by atoms with Crippen LogP contribution in [-0.4, -0.2) is 149 Å². The average molecular weight is 687 g/mol.